The van der Waals surface area contributed by atoms with Gasteiger partial charge in [-0.05, 0) is 13.1 Å². The lowest BCUT2D eigenvalue weighted by Crippen LogP contribution is -2.63. The molecule has 2 unspecified atom stereocenters. The molecular formula is C8H18NO2Si+. The monoisotopic (exact) mass is 188 g/mol. The third-order valence-corrected chi connectivity index (χ3v) is 5.32. The van der Waals surface area contributed by atoms with Crippen LogP contribution in [0.2, 0.25) is 13.1 Å². The highest BCUT2D eigenvalue weighted by atomic mass is 28.4. The van der Waals surface area contributed by atoms with Crippen LogP contribution in [0, 0.1) is 0 Å². The molecule has 0 aromatic heterocycles. The predicted octanol–water partition coefficient (Wildman–Crippen LogP) is 0.564. The van der Waals surface area contributed by atoms with Gasteiger partial charge in [-0.3, -0.25) is 4.48 Å². The van der Waals surface area contributed by atoms with Gasteiger partial charge in [-0.15, -0.1) is 0 Å². The molecule has 2 rings (SSSR count). The Bertz CT molecular complexity index is 193. The van der Waals surface area contributed by atoms with Crippen molar-refractivity contribution in [3.8, 4) is 0 Å². The number of hydrogen-bond acceptors (Lipinski definition) is 2. The number of hydrogen-bond donors (Lipinski definition) is 0. The van der Waals surface area contributed by atoms with E-state index in [4.69, 9.17) is 9.16 Å². The van der Waals surface area contributed by atoms with E-state index in [9.17, 15) is 0 Å². The summed E-state index contributed by atoms with van der Waals surface area (Å²) in [6.07, 6.45) is 1.69. The van der Waals surface area contributed by atoms with E-state index < -0.39 is 8.32 Å². The van der Waals surface area contributed by atoms with Gasteiger partial charge >= 0.3 is 0 Å². The summed E-state index contributed by atoms with van der Waals surface area (Å²) in [6, 6.07) is 0. The van der Waals surface area contributed by atoms with Crippen molar-refractivity contribution in [1.29, 1.82) is 0 Å². The van der Waals surface area contributed by atoms with Gasteiger partial charge in [0.2, 0.25) is 14.5 Å². The molecule has 2 atom stereocenters. The summed E-state index contributed by atoms with van der Waals surface area (Å²) in [5.41, 5.74) is 0. The van der Waals surface area contributed by atoms with Crippen LogP contribution in [0.1, 0.15) is 0 Å². The lowest BCUT2D eigenvalue weighted by atomic mass is 10.4. The summed E-state index contributed by atoms with van der Waals surface area (Å²) < 4.78 is 12.3. The third-order valence-electron chi connectivity index (χ3n) is 2.85. The molecule has 2 saturated heterocycles. The fraction of sp³-hybridized carbons (Fsp3) is 1.00. The van der Waals surface area contributed by atoms with E-state index in [0.29, 0.717) is 6.23 Å². The molecule has 0 amide bonds. The lowest BCUT2D eigenvalue weighted by molar-refractivity contribution is -0.924. The molecule has 2 aliphatic heterocycles. The second kappa shape index (κ2) is 2.54. The third kappa shape index (κ3) is 1.57. The average Bonchev–Trinajstić information content (AvgIpc) is 2.62. The molecule has 2 heterocycles. The number of nitrogens with zero attached hydrogens (tertiary/aromatic N) is 1. The highest BCUT2D eigenvalue weighted by Gasteiger charge is 2.49. The van der Waals surface area contributed by atoms with Crippen molar-refractivity contribution in [3.63, 3.8) is 0 Å². The van der Waals surface area contributed by atoms with Gasteiger partial charge in [-0.1, -0.05) is 0 Å². The van der Waals surface area contributed by atoms with Crippen LogP contribution >= 0.6 is 0 Å². The fourth-order valence-electron chi connectivity index (χ4n) is 2.17. The van der Waals surface area contributed by atoms with Crippen molar-refractivity contribution in [2.45, 2.75) is 19.3 Å². The summed E-state index contributed by atoms with van der Waals surface area (Å²) >= 11 is 0. The first kappa shape index (κ1) is 8.68. The SMILES string of the molecule is C[N+]1(C2CO2)CCO[Si](C)(C)C1. The van der Waals surface area contributed by atoms with E-state index in [0.717, 1.165) is 24.2 Å². The normalized spacial score (nSPS) is 45.8. The molecule has 2 fully saturated rings. The van der Waals surface area contributed by atoms with E-state index in [1.165, 1.54) is 6.17 Å². The molecule has 3 nitrogen and oxygen atoms in total. The molecule has 0 bridgehead atoms. The molecule has 0 aliphatic carbocycles. The number of rotatable bonds is 1. The topological polar surface area (TPSA) is 21.8 Å². The molecule has 0 aromatic carbocycles. The Morgan fingerprint density at radius 3 is 2.58 bits per heavy atom. The molecule has 0 aromatic rings. The molecular weight excluding hydrogens is 170 g/mol. The van der Waals surface area contributed by atoms with E-state index >= 15 is 0 Å². The zero-order valence-electron chi connectivity index (χ0n) is 8.17. The molecule has 0 N–H and O–H groups in total. The van der Waals surface area contributed by atoms with Crippen LogP contribution in [0.3, 0.4) is 0 Å². The number of likely N-dealkylation sites (N-methyl/N-ethyl adjacent to an activating group) is 1. The molecule has 12 heavy (non-hydrogen) atoms. The van der Waals surface area contributed by atoms with E-state index in [1.54, 1.807) is 0 Å². The van der Waals surface area contributed by atoms with Crippen LogP contribution < -0.4 is 0 Å². The molecule has 0 saturated carbocycles. The minimum atomic E-state index is -1.36. The minimum Gasteiger partial charge on any atom is -0.405 e. The molecule has 0 spiro atoms. The van der Waals surface area contributed by atoms with Crippen LogP contribution in [0.25, 0.3) is 0 Å². The summed E-state index contributed by atoms with van der Waals surface area (Å²) in [4.78, 5) is 0. The van der Waals surface area contributed by atoms with E-state index in [2.05, 4.69) is 20.1 Å². The maximum atomic E-state index is 5.81. The Labute approximate surface area is 75.0 Å². The second-order valence-electron chi connectivity index (χ2n) is 4.76. The van der Waals surface area contributed by atoms with Gasteiger partial charge in [0.1, 0.15) is 13.2 Å². The summed E-state index contributed by atoms with van der Waals surface area (Å²) in [5, 5.41) is 0. The average molecular weight is 188 g/mol. The lowest BCUT2D eigenvalue weighted by Gasteiger charge is -2.42. The summed E-state index contributed by atoms with van der Waals surface area (Å²) in [7, 11) is 0.944. The van der Waals surface area contributed by atoms with Crippen LogP contribution in [0.5, 0.6) is 0 Å². The molecule has 0 radical (unpaired) electrons. The Hall–Kier alpha value is 0.0969. The van der Waals surface area contributed by atoms with Crippen molar-refractivity contribution < 1.29 is 13.6 Å². The first-order valence-electron chi connectivity index (χ1n) is 4.62. The zero-order valence-corrected chi connectivity index (χ0v) is 9.17. The van der Waals surface area contributed by atoms with Gasteiger partial charge in [0, 0.05) is 0 Å². The summed E-state index contributed by atoms with van der Waals surface area (Å²) in [5.74, 6) is 0. The van der Waals surface area contributed by atoms with E-state index in [1.807, 2.05) is 0 Å². The molecule has 4 heteroatoms. The zero-order chi connectivity index (χ0) is 8.82. The number of ether oxygens (including phenoxy) is 1. The van der Waals surface area contributed by atoms with Crippen molar-refractivity contribution in [1.82, 2.24) is 0 Å². The quantitative estimate of drug-likeness (QED) is 0.341. The van der Waals surface area contributed by atoms with Crippen LogP contribution in [0.4, 0.5) is 0 Å². The highest BCUT2D eigenvalue weighted by molar-refractivity contribution is 6.71. The Balaban J connectivity index is 2.06. The maximum Gasteiger partial charge on any atom is 0.245 e. The van der Waals surface area contributed by atoms with Gasteiger partial charge in [-0.2, -0.15) is 0 Å². The largest absolute Gasteiger partial charge is 0.405 e. The first-order chi connectivity index (χ1) is 5.52. The fourth-order valence-corrected chi connectivity index (χ4v) is 5.01. The van der Waals surface area contributed by atoms with Crippen LogP contribution in [-0.4, -0.2) is 52.0 Å². The predicted molar refractivity (Wildman–Crippen MR) is 49.1 cm³/mol. The molecule has 70 valence electrons. The van der Waals surface area contributed by atoms with Crippen molar-refractivity contribution in [2.75, 3.05) is 33.0 Å². The van der Waals surface area contributed by atoms with Crippen molar-refractivity contribution in [3.05, 3.63) is 0 Å². The Kier molecular flexibility index (Phi) is 1.84. The summed E-state index contributed by atoms with van der Waals surface area (Å²) in [6.45, 7) is 7.60. The van der Waals surface area contributed by atoms with Gasteiger partial charge in [0.25, 0.3) is 0 Å². The van der Waals surface area contributed by atoms with Crippen LogP contribution in [-0.2, 0) is 9.16 Å². The number of quaternary nitrogens is 1. The smallest absolute Gasteiger partial charge is 0.245 e. The van der Waals surface area contributed by atoms with Crippen molar-refractivity contribution >= 4 is 8.32 Å². The maximum absolute atomic E-state index is 5.81. The van der Waals surface area contributed by atoms with E-state index in [-0.39, 0.29) is 0 Å². The van der Waals surface area contributed by atoms with Crippen LogP contribution in [0.15, 0.2) is 0 Å². The number of epoxide rings is 1. The minimum absolute atomic E-state index is 0.487. The van der Waals surface area contributed by atoms with Gasteiger partial charge in [0.15, 0.2) is 0 Å². The molecule has 2 aliphatic rings. The van der Waals surface area contributed by atoms with Gasteiger partial charge in [-0.25, -0.2) is 0 Å². The van der Waals surface area contributed by atoms with Gasteiger partial charge < -0.3 is 9.16 Å². The first-order valence-corrected chi connectivity index (χ1v) is 7.73. The highest BCUT2D eigenvalue weighted by Crippen LogP contribution is 2.28. The van der Waals surface area contributed by atoms with Crippen molar-refractivity contribution in [2.24, 2.45) is 0 Å². The Morgan fingerprint density at radius 1 is 1.42 bits per heavy atom. The van der Waals surface area contributed by atoms with Gasteiger partial charge in [0.05, 0.1) is 19.8 Å². The second-order valence-corrected chi connectivity index (χ2v) is 8.88. The Morgan fingerprint density at radius 2 is 2.08 bits per heavy atom. The standard InChI is InChI=1S/C8H18NO2Si/c1-9(8-6-10-8)4-5-11-12(2,3)7-9/h8H,4-7H2,1-3H3/q+1.